The summed E-state index contributed by atoms with van der Waals surface area (Å²) in [5.41, 5.74) is 1.57. The molecule has 1 N–H and O–H groups in total. The van der Waals surface area contributed by atoms with Crippen molar-refractivity contribution in [3.8, 4) is 0 Å². The van der Waals surface area contributed by atoms with Gasteiger partial charge in [-0.05, 0) is 45.2 Å². The van der Waals surface area contributed by atoms with Crippen LogP contribution in [-0.4, -0.2) is 40.3 Å². The predicted molar refractivity (Wildman–Crippen MR) is 82.9 cm³/mol. The normalized spacial score (nSPS) is 21.7. The van der Waals surface area contributed by atoms with E-state index in [1.54, 1.807) is 20.8 Å². The Morgan fingerprint density at radius 2 is 1.91 bits per heavy atom. The molecule has 5 nitrogen and oxygen atoms in total. The number of carboxylic acids is 1. The monoisotopic (exact) mass is 305 g/mol. The molecule has 22 heavy (non-hydrogen) atoms. The number of benzene rings is 1. The predicted octanol–water partition coefficient (Wildman–Crippen LogP) is 3.17. The second-order valence-electron chi connectivity index (χ2n) is 6.78. The number of hydrogen-bond donors (Lipinski definition) is 1. The van der Waals surface area contributed by atoms with Gasteiger partial charge in [-0.3, -0.25) is 4.90 Å². The topological polar surface area (TPSA) is 66.8 Å². The molecule has 1 fully saturated rings. The SMILES string of the molecule is Cc1ccccc1C1CC(C(=O)O)N(C(=O)OC(C)(C)C)C1. The maximum absolute atomic E-state index is 12.3. The maximum Gasteiger partial charge on any atom is 0.411 e. The van der Waals surface area contributed by atoms with Crippen LogP contribution in [0, 0.1) is 6.92 Å². The summed E-state index contributed by atoms with van der Waals surface area (Å²) < 4.78 is 5.34. The molecular formula is C17H23NO4. The van der Waals surface area contributed by atoms with E-state index in [2.05, 4.69) is 0 Å². The highest BCUT2D eigenvalue weighted by atomic mass is 16.6. The van der Waals surface area contributed by atoms with Crippen molar-refractivity contribution in [3.63, 3.8) is 0 Å². The molecule has 0 spiro atoms. The van der Waals surface area contributed by atoms with Crippen molar-refractivity contribution in [2.45, 2.75) is 51.7 Å². The molecule has 1 aromatic rings. The fraction of sp³-hybridized carbons (Fsp3) is 0.529. The zero-order valence-corrected chi connectivity index (χ0v) is 13.5. The standard InChI is InChI=1S/C17H23NO4/c1-11-7-5-6-8-13(11)12-9-14(15(19)20)18(10-12)16(21)22-17(2,3)4/h5-8,12,14H,9-10H2,1-4H3,(H,19,20). The number of rotatable bonds is 2. The van der Waals surface area contributed by atoms with Crippen LogP contribution in [0.15, 0.2) is 24.3 Å². The largest absolute Gasteiger partial charge is 0.480 e. The van der Waals surface area contributed by atoms with E-state index in [0.29, 0.717) is 13.0 Å². The quantitative estimate of drug-likeness (QED) is 0.911. The zero-order chi connectivity index (χ0) is 16.5. The molecular weight excluding hydrogens is 282 g/mol. The molecule has 5 heteroatoms. The Labute approximate surface area is 130 Å². The van der Waals surface area contributed by atoms with Crippen LogP contribution < -0.4 is 0 Å². The number of carboxylic acid groups (broad SMARTS) is 1. The van der Waals surface area contributed by atoms with Crippen molar-refractivity contribution in [3.05, 3.63) is 35.4 Å². The fourth-order valence-electron chi connectivity index (χ4n) is 2.86. The van der Waals surface area contributed by atoms with Crippen molar-refractivity contribution >= 4 is 12.1 Å². The lowest BCUT2D eigenvalue weighted by Crippen LogP contribution is -2.43. The molecule has 0 aliphatic carbocycles. The summed E-state index contributed by atoms with van der Waals surface area (Å²) in [6, 6.07) is 7.06. The van der Waals surface area contributed by atoms with Crippen LogP contribution in [0.1, 0.15) is 44.2 Å². The Balaban J connectivity index is 2.22. The number of carbonyl (C=O) groups excluding carboxylic acids is 1. The van der Waals surface area contributed by atoms with E-state index in [0.717, 1.165) is 11.1 Å². The molecule has 1 aromatic carbocycles. The first-order valence-electron chi connectivity index (χ1n) is 7.47. The molecule has 1 heterocycles. The number of likely N-dealkylation sites (tertiary alicyclic amines) is 1. The molecule has 0 saturated carbocycles. The van der Waals surface area contributed by atoms with Crippen molar-refractivity contribution in [1.82, 2.24) is 4.90 Å². The van der Waals surface area contributed by atoms with E-state index >= 15 is 0 Å². The van der Waals surface area contributed by atoms with Gasteiger partial charge in [0.1, 0.15) is 11.6 Å². The van der Waals surface area contributed by atoms with Crippen molar-refractivity contribution in [1.29, 1.82) is 0 Å². The number of nitrogens with zero attached hydrogens (tertiary/aromatic N) is 1. The third-order valence-corrected chi connectivity index (χ3v) is 3.84. The fourth-order valence-corrected chi connectivity index (χ4v) is 2.86. The van der Waals surface area contributed by atoms with Gasteiger partial charge in [-0.2, -0.15) is 0 Å². The van der Waals surface area contributed by atoms with Gasteiger partial charge in [-0.1, -0.05) is 24.3 Å². The molecule has 1 aliphatic rings. The van der Waals surface area contributed by atoms with Gasteiger partial charge in [0.25, 0.3) is 0 Å². The van der Waals surface area contributed by atoms with Gasteiger partial charge in [0.05, 0.1) is 0 Å². The summed E-state index contributed by atoms with van der Waals surface area (Å²) in [7, 11) is 0. The molecule has 0 bridgehead atoms. The van der Waals surface area contributed by atoms with Crippen LogP contribution in [0.2, 0.25) is 0 Å². The summed E-state index contributed by atoms with van der Waals surface area (Å²) in [5.74, 6) is -0.961. The lowest BCUT2D eigenvalue weighted by Gasteiger charge is -2.26. The molecule has 2 rings (SSSR count). The highest BCUT2D eigenvalue weighted by Gasteiger charge is 2.42. The van der Waals surface area contributed by atoms with Crippen molar-refractivity contribution in [2.75, 3.05) is 6.54 Å². The Kier molecular flexibility index (Phi) is 4.44. The highest BCUT2D eigenvalue weighted by molar-refractivity contribution is 5.81. The van der Waals surface area contributed by atoms with E-state index in [4.69, 9.17) is 4.74 Å². The van der Waals surface area contributed by atoms with Gasteiger partial charge in [0, 0.05) is 12.5 Å². The number of aliphatic carboxylic acids is 1. The number of amides is 1. The van der Waals surface area contributed by atoms with Gasteiger partial charge in [0.2, 0.25) is 0 Å². The van der Waals surface area contributed by atoms with E-state index < -0.39 is 23.7 Å². The summed E-state index contributed by atoms with van der Waals surface area (Å²) >= 11 is 0. The average Bonchev–Trinajstić information content (AvgIpc) is 2.82. The Morgan fingerprint density at radius 1 is 1.27 bits per heavy atom. The minimum absolute atomic E-state index is 0.0230. The van der Waals surface area contributed by atoms with Gasteiger partial charge in [-0.15, -0.1) is 0 Å². The summed E-state index contributed by atoms with van der Waals surface area (Å²) in [5, 5.41) is 9.42. The Morgan fingerprint density at radius 3 is 2.45 bits per heavy atom. The van der Waals surface area contributed by atoms with Crippen LogP contribution in [0.4, 0.5) is 4.79 Å². The second kappa shape index (κ2) is 5.99. The first kappa shape index (κ1) is 16.3. The van der Waals surface area contributed by atoms with Crippen LogP contribution in [0.25, 0.3) is 0 Å². The van der Waals surface area contributed by atoms with E-state index in [1.165, 1.54) is 4.90 Å². The van der Waals surface area contributed by atoms with E-state index in [9.17, 15) is 14.7 Å². The number of aryl methyl sites for hydroxylation is 1. The molecule has 2 unspecified atom stereocenters. The van der Waals surface area contributed by atoms with Crippen molar-refractivity contribution < 1.29 is 19.4 Å². The summed E-state index contributed by atoms with van der Waals surface area (Å²) in [6.07, 6.45) is -0.143. The molecule has 1 saturated heterocycles. The summed E-state index contributed by atoms with van der Waals surface area (Å²) in [4.78, 5) is 25.1. The Bertz CT molecular complexity index is 576. The third-order valence-electron chi connectivity index (χ3n) is 3.84. The third kappa shape index (κ3) is 3.59. The van der Waals surface area contributed by atoms with E-state index in [1.807, 2.05) is 31.2 Å². The van der Waals surface area contributed by atoms with Gasteiger partial charge in [-0.25, -0.2) is 9.59 Å². The number of hydrogen-bond acceptors (Lipinski definition) is 3. The van der Waals surface area contributed by atoms with Crippen LogP contribution in [-0.2, 0) is 9.53 Å². The second-order valence-corrected chi connectivity index (χ2v) is 6.78. The smallest absolute Gasteiger partial charge is 0.411 e. The van der Waals surface area contributed by atoms with Crippen molar-refractivity contribution in [2.24, 2.45) is 0 Å². The first-order valence-corrected chi connectivity index (χ1v) is 7.47. The molecule has 0 radical (unpaired) electrons. The average molecular weight is 305 g/mol. The van der Waals surface area contributed by atoms with E-state index in [-0.39, 0.29) is 5.92 Å². The molecule has 120 valence electrons. The molecule has 2 atom stereocenters. The van der Waals surface area contributed by atoms with Crippen LogP contribution >= 0.6 is 0 Å². The van der Waals surface area contributed by atoms with Gasteiger partial charge < -0.3 is 9.84 Å². The summed E-state index contributed by atoms with van der Waals surface area (Å²) in [6.45, 7) is 7.69. The molecule has 0 aromatic heterocycles. The zero-order valence-electron chi connectivity index (χ0n) is 13.5. The molecule has 1 aliphatic heterocycles. The molecule has 1 amide bonds. The first-order chi connectivity index (χ1) is 10.2. The van der Waals surface area contributed by atoms with Gasteiger partial charge >= 0.3 is 12.1 Å². The van der Waals surface area contributed by atoms with Crippen LogP contribution in [0.3, 0.4) is 0 Å². The number of carbonyl (C=O) groups is 2. The minimum Gasteiger partial charge on any atom is -0.480 e. The minimum atomic E-state index is -0.984. The highest BCUT2D eigenvalue weighted by Crippen LogP contribution is 2.34. The Hall–Kier alpha value is -2.04. The number of ether oxygens (including phenoxy) is 1. The van der Waals surface area contributed by atoms with Gasteiger partial charge in [0.15, 0.2) is 0 Å². The van der Waals surface area contributed by atoms with Crippen LogP contribution in [0.5, 0.6) is 0 Å². The lowest BCUT2D eigenvalue weighted by atomic mass is 9.93. The lowest BCUT2D eigenvalue weighted by molar-refractivity contribution is -0.142. The maximum atomic E-state index is 12.3.